The first-order chi connectivity index (χ1) is 11.1. The van der Waals surface area contributed by atoms with Crippen LogP contribution in [0.5, 0.6) is 0 Å². The highest BCUT2D eigenvalue weighted by Gasteiger charge is 2.08. The van der Waals surface area contributed by atoms with Crippen LogP contribution >= 0.6 is 0 Å². The van der Waals surface area contributed by atoms with Gasteiger partial charge in [-0.3, -0.25) is 9.78 Å². The number of carbonyl (C=O) groups excluding carboxylic acids is 1. The molecule has 0 aliphatic carbocycles. The smallest absolute Gasteiger partial charge is 0.274 e. The van der Waals surface area contributed by atoms with Crippen LogP contribution in [-0.4, -0.2) is 31.5 Å². The Kier molecular flexibility index (Phi) is 5.97. The predicted molar refractivity (Wildman–Crippen MR) is 96.4 cm³/mol. The second kappa shape index (κ2) is 8.17. The molecule has 0 radical (unpaired) electrons. The van der Waals surface area contributed by atoms with Crippen LogP contribution in [0.15, 0.2) is 42.6 Å². The summed E-state index contributed by atoms with van der Waals surface area (Å²) in [6, 6.07) is 11.3. The zero-order valence-corrected chi connectivity index (χ0v) is 14.0. The van der Waals surface area contributed by atoms with Crippen LogP contribution in [0.2, 0.25) is 0 Å². The second-order valence-corrected chi connectivity index (χ2v) is 5.61. The number of hydrogen-bond acceptors (Lipinski definition) is 4. The second-order valence-electron chi connectivity index (χ2n) is 5.61. The highest BCUT2D eigenvalue weighted by atomic mass is 16.1. The molecule has 1 heterocycles. The summed E-state index contributed by atoms with van der Waals surface area (Å²) in [6.07, 6.45) is 3.88. The quantitative estimate of drug-likeness (QED) is 0.767. The average Bonchev–Trinajstić information content (AvgIpc) is 2.56. The number of aromatic nitrogens is 1. The third-order valence-electron chi connectivity index (χ3n) is 3.49. The molecule has 1 aromatic carbocycles. The van der Waals surface area contributed by atoms with Gasteiger partial charge in [-0.2, -0.15) is 0 Å². The fraction of sp³-hybridized carbons (Fsp3) is 0.333. The Labute approximate surface area is 137 Å². The first-order valence-corrected chi connectivity index (χ1v) is 7.89. The lowest BCUT2D eigenvalue weighted by atomic mass is 10.2. The number of nitrogens with one attached hydrogen (secondary N) is 2. The van der Waals surface area contributed by atoms with E-state index in [2.05, 4.69) is 22.5 Å². The standard InChI is InChI=1S/C18H24N4O/c1-4-5-11-19-15-10-12-20-17(13-15)18(23)21-14-6-8-16(9-7-14)22(2)3/h6-10,12-13H,4-5,11H2,1-3H3,(H,19,20)(H,21,23). The van der Waals surface area contributed by atoms with E-state index in [1.807, 2.05) is 49.3 Å². The van der Waals surface area contributed by atoms with Crippen LogP contribution in [0.4, 0.5) is 17.1 Å². The van der Waals surface area contributed by atoms with Gasteiger partial charge in [0.2, 0.25) is 0 Å². The number of benzene rings is 1. The van der Waals surface area contributed by atoms with E-state index in [9.17, 15) is 4.79 Å². The lowest BCUT2D eigenvalue weighted by Gasteiger charge is -2.13. The number of pyridine rings is 1. The van der Waals surface area contributed by atoms with Gasteiger partial charge >= 0.3 is 0 Å². The number of amides is 1. The molecule has 0 atom stereocenters. The molecule has 0 fully saturated rings. The van der Waals surface area contributed by atoms with E-state index in [0.717, 1.165) is 36.4 Å². The van der Waals surface area contributed by atoms with Crippen molar-refractivity contribution in [2.75, 3.05) is 36.2 Å². The van der Waals surface area contributed by atoms with Crippen molar-refractivity contribution in [1.82, 2.24) is 4.98 Å². The Balaban J connectivity index is 2.01. The highest BCUT2D eigenvalue weighted by Crippen LogP contribution is 2.17. The zero-order valence-electron chi connectivity index (χ0n) is 14.0. The summed E-state index contributed by atoms with van der Waals surface area (Å²) < 4.78 is 0. The number of carbonyl (C=O) groups is 1. The topological polar surface area (TPSA) is 57.3 Å². The van der Waals surface area contributed by atoms with Crippen molar-refractivity contribution in [3.63, 3.8) is 0 Å². The molecular formula is C18H24N4O. The van der Waals surface area contributed by atoms with Crippen molar-refractivity contribution in [3.05, 3.63) is 48.3 Å². The number of anilines is 3. The largest absolute Gasteiger partial charge is 0.385 e. The molecule has 0 saturated carbocycles. The van der Waals surface area contributed by atoms with E-state index < -0.39 is 0 Å². The Hall–Kier alpha value is -2.56. The summed E-state index contributed by atoms with van der Waals surface area (Å²) in [4.78, 5) is 18.5. The molecule has 0 saturated heterocycles. The fourth-order valence-electron chi connectivity index (χ4n) is 2.11. The first-order valence-electron chi connectivity index (χ1n) is 7.89. The Morgan fingerprint density at radius 2 is 1.87 bits per heavy atom. The molecule has 0 spiro atoms. The molecular weight excluding hydrogens is 288 g/mol. The highest BCUT2D eigenvalue weighted by molar-refractivity contribution is 6.03. The van der Waals surface area contributed by atoms with Crippen molar-refractivity contribution >= 4 is 23.0 Å². The van der Waals surface area contributed by atoms with E-state index >= 15 is 0 Å². The average molecular weight is 312 g/mol. The monoisotopic (exact) mass is 312 g/mol. The molecule has 5 nitrogen and oxygen atoms in total. The lowest BCUT2D eigenvalue weighted by molar-refractivity contribution is 0.102. The van der Waals surface area contributed by atoms with Gasteiger partial charge in [-0.1, -0.05) is 13.3 Å². The predicted octanol–water partition coefficient (Wildman–Crippen LogP) is 3.61. The first kappa shape index (κ1) is 16.8. The number of hydrogen-bond donors (Lipinski definition) is 2. The third-order valence-corrected chi connectivity index (χ3v) is 3.49. The van der Waals surface area contributed by atoms with Crippen LogP contribution < -0.4 is 15.5 Å². The van der Waals surface area contributed by atoms with Gasteiger partial charge < -0.3 is 15.5 Å². The number of unbranched alkanes of at least 4 members (excludes halogenated alkanes) is 1. The van der Waals surface area contributed by atoms with E-state index in [0.29, 0.717) is 5.69 Å². The number of rotatable bonds is 7. The maximum Gasteiger partial charge on any atom is 0.274 e. The van der Waals surface area contributed by atoms with Gasteiger partial charge in [0.15, 0.2) is 0 Å². The molecule has 0 aliphatic heterocycles. The van der Waals surface area contributed by atoms with E-state index in [1.54, 1.807) is 12.3 Å². The molecule has 23 heavy (non-hydrogen) atoms. The fourth-order valence-corrected chi connectivity index (χ4v) is 2.11. The van der Waals surface area contributed by atoms with Crippen LogP contribution in [0.3, 0.4) is 0 Å². The van der Waals surface area contributed by atoms with Crippen molar-refractivity contribution in [3.8, 4) is 0 Å². The molecule has 5 heteroatoms. The van der Waals surface area contributed by atoms with Crippen LogP contribution in [0.1, 0.15) is 30.3 Å². The molecule has 2 N–H and O–H groups in total. The Bertz CT molecular complexity index is 638. The van der Waals surface area contributed by atoms with Crippen molar-refractivity contribution in [1.29, 1.82) is 0 Å². The van der Waals surface area contributed by atoms with E-state index in [-0.39, 0.29) is 5.91 Å². The SMILES string of the molecule is CCCCNc1ccnc(C(=O)Nc2ccc(N(C)C)cc2)c1. The van der Waals surface area contributed by atoms with Crippen LogP contribution in [0, 0.1) is 0 Å². The molecule has 0 unspecified atom stereocenters. The zero-order chi connectivity index (χ0) is 16.7. The minimum absolute atomic E-state index is 0.207. The van der Waals surface area contributed by atoms with E-state index in [1.165, 1.54) is 0 Å². The Morgan fingerprint density at radius 3 is 2.52 bits per heavy atom. The van der Waals surface area contributed by atoms with Gasteiger partial charge in [0.1, 0.15) is 5.69 Å². The van der Waals surface area contributed by atoms with Crippen LogP contribution in [0.25, 0.3) is 0 Å². The van der Waals surface area contributed by atoms with Crippen molar-refractivity contribution in [2.45, 2.75) is 19.8 Å². The summed E-state index contributed by atoms with van der Waals surface area (Å²) in [7, 11) is 3.96. The third kappa shape index (κ3) is 4.98. The van der Waals surface area contributed by atoms with Gasteiger partial charge in [0.25, 0.3) is 5.91 Å². The van der Waals surface area contributed by atoms with Gasteiger partial charge in [-0.15, -0.1) is 0 Å². The van der Waals surface area contributed by atoms with Crippen molar-refractivity contribution in [2.24, 2.45) is 0 Å². The normalized spacial score (nSPS) is 10.2. The van der Waals surface area contributed by atoms with Crippen LogP contribution in [-0.2, 0) is 0 Å². The maximum atomic E-state index is 12.3. The molecule has 2 rings (SSSR count). The summed E-state index contributed by atoms with van der Waals surface area (Å²) in [6.45, 7) is 3.04. The van der Waals surface area contributed by atoms with E-state index in [4.69, 9.17) is 0 Å². The maximum absolute atomic E-state index is 12.3. The lowest BCUT2D eigenvalue weighted by Crippen LogP contribution is -2.14. The summed E-state index contributed by atoms with van der Waals surface area (Å²) in [5, 5.41) is 6.17. The molecule has 1 amide bonds. The van der Waals surface area contributed by atoms with Crippen molar-refractivity contribution < 1.29 is 4.79 Å². The minimum atomic E-state index is -0.207. The molecule has 2 aromatic rings. The van der Waals surface area contributed by atoms with Gasteiger partial charge in [0.05, 0.1) is 0 Å². The van der Waals surface area contributed by atoms with Gasteiger partial charge in [-0.25, -0.2) is 0 Å². The minimum Gasteiger partial charge on any atom is -0.385 e. The summed E-state index contributed by atoms with van der Waals surface area (Å²) in [5.41, 5.74) is 3.17. The molecule has 0 bridgehead atoms. The Morgan fingerprint density at radius 1 is 1.13 bits per heavy atom. The number of nitrogens with zero attached hydrogens (tertiary/aromatic N) is 2. The molecule has 0 aliphatic rings. The molecule has 1 aromatic heterocycles. The van der Waals surface area contributed by atoms with Gasteiger partial charge in [-0.05, 0) is 42.8 Å². The van der Waals surface area contributed by atoms with Gasteiger partial charge in [0, 0.05) is 43.9 Å². The summed E-state index contributed by atoms with van der Waals surface area (Å²) in [5.74, 6) is -0.207. The molecule has 122 valence electrons. The summed E-state index contributed by atoms with van der Waals surface area (Å²) >= 11 is 0.